The molecule has 0 bridgehead atoms. The fourth-order valence-electron chi connectivity index (χ4n) is 5.18. The van der Waals surface area contributed by atoms with Gasteiger partial charge in [0.2, 0.25) is 0 Å². The van der Waals surface area contributed by atoms with Crippen molar-refractivity contribution in [1.29, 1.82) is 0 Å². The summed E-state index contributed by atoms with van der Waals surface area (Å²) in [6.07, 6.45) is 9.15. The van der Waals surface area contributed by atoms with Crippen LogP contribution >= 0.6 is 11.6 Å². The summed E-state index contributed by atoms with van der Waals surface area (Å²) in [5.41, 5.74) is 1.02. The molecule has 0 spiro atoms. The summed E-state index contributed by atoms with van der Waals surface area (Å²) in [7, 11) is -2.82. The van der Waals surface area contributed by atoms with E-state index in [9.17, 15) is 9.59 Å². The van der Waals surface area contributed by atoms with E-state index in [1.165, 1.54) is 0 Å². The Balaban J connectivity index is 2.56. The Hall–Kier alpha value is -1.48. The average Bonchev–Trinajstić information content (AvgIpc) is 3.63. The number of carbonyl (C=O) groups is 2. The lowest BCUT2D eigenvalue weighted by atomic mass is 9.83. The van der Waals surface area contributed by atoms with Gasteiger partial charge in [-0.2, -0.15) is 0 Å². The number of carbonyl (C=O) groups excluding carboxylic acids is 2. The van der Waals surface area contributed by atoms with Gasteiger partial charge in [-0.15, -0.1) is 11.6 Å². The number of hydrogen-bond acceptors (Lipinski definition) is 6. The van der Waals surface area contributed by atoms with Crippen LogP contribution in [-0.2, 0) is 27.9 Å². The van der Waals surface area contributed by atoms with Gasteiger partial charge in [-0.1, -0.05) is 91.0 Å². The maximum atomic E-state index is 13.6. The predicted octanol–water partition coefficient (Wildman–Crippen LogP) is 9.41. The summed E-state index contributed by atoms with van der Waals surface area (Å²) in [6.45, 7) is 28.6. The second-order valence-corrected chi connectivity index (χ2v) is 26.8. The molecule has 0 saturated heterocycles. The number of ketones is 1. The standard InChI is InChI=1S/C38H63ClO6Si2/c1-26-21-31(20-18-16-15-17-19-29-23-32(29)39)43-35(41)25-30(40)24-34(44-46(11,12)37(4,5)6)28(3)36(27(2)33(22-26)42-10)45-47(13,14)38(7,8)9/h15-16,18,20,22,27-29,31-34,36H,21,23-25H2,1-14H3/b16-15+,20-18+,26-22-/t27-,28-,29-,31?,32-,33?,34+,36-/m1/s1. The molecule has 6 nitrogen and oxygen atoms in total. The Kier molecular flexibility index (Phi) is 15.0. The maximum absolute atomic E-state index is 13.6. The molecule has 2 unspecified atom stereocenters. The zero-order valence-corrected chi connectivity index (χ0v) is 34.4. The smallest absolute Gasteiger partial charge is 0.313 e. The molecule has 0 aromatic rings. The molecule has 0 N–H and O–H groups in total. The van der Waals surface area contributed by atoms with Crippen molar-refractivity contribution in [1.82, 2.24) is 0 Å². The zero-order chi connectivity index (χ0) is 36.0. The van der Waals surface area contributed by atoms with Crippen molar-refractivity contribution in [2.45, 2.75) is 154 Å². The average molecular weight is 708 g/mol. The van der Waals surface area contributed by atoms with Gasteiger partial charge >= 0.3 is 5.97 Å². The quantitative estimate of drug-likeness (QED) is 0.0500. The third-order valence-corrected chi connectivity index (χ3v) is 20.0. The van der Waals surface area contributed by atoms with Gasteiger partial charge in [0.05, 0.1) is 18.3 Å². The van der Waals surface area contributed by atoms with Crippen LogP contribution in [0, 0.1) is 29.6 Å². The molecule has 266 valence electrons. The van der Waals surface area contributed by atoms with Gasteiger partial charge in [0.15, 0.2) is 16.6 Å². The molecule has 1 aliphatic heterocycles. The van der Waals surface area contributed by atoms with E-state index in [0.29, 0.717) is 6.42 Å². The molecule has 0 aromatic heterocycles. The van der Waals surface area contributed by atoms with Gasteiger partial charge < -0.3 is 18.3 Å². The van der Waals surface area contributed by atoms with Crippen molar-refractivity contribution >= 4 is 40.0 Å². The number of ether oxygens (including phenoxy) is 2. The highest BCUT2D eigenvalue weighted by atomic mass is 35.5. The summed E-state index contributed by atoms with van der Waals surface area (Å²) >= 11 is 6.03. The molecule has 1 heterocycles. The molecular formula is C38H63ClO6Si2. The first-order valence-corrected chi connectivity index (χ1v) is 23.5. The number of halogens is 1. The number of cyclic esters (lactones) is 1. The zero-order valence-electron chi connectivity index (χ0n) is 31.7. The molecule has 2 rings (SSSR count). The van der Waals surface area contributed by atoms with E-state index in [2.05, 4.69) is 99.5 Å². The third-order valence-electron chi connectivity index (χ3n) is 10.5. The molecule has 0 aromatic carbocycles. The monoisotopic (exact) mass is 706 g/mol. The Morgan fingerprint density at radius 3 is 2.04 bits per heavy atom. The summed E-state index contributed by atoms with van der Waals surface area (Å²) in [6, 6.07) is 0. The number of Topliss-reactive ketones (excluding diaryl/α,β-unsaturated/α-hetero) is 1. The molecule has 1 saturated carbocycles. The lowest BCUT2D eigenvalue weighted by Crippen LogP contribution is -2.53. The number of allylic oxidation sites excluding steroid dienone is 3. The van der Waals surface area contributed by atoms with Gasteiger partial charge in [0, 0.05) is 43.1 Å². The van der Waals surface area contributed by atoms with Crippen molar-refractivity contribution < 1.29 is 27.9 Å². The minimum absolute atomic E-state index is 0.0147. The van der Waals surface area contributed by atoms with Crippen LogP contribution in [0.1, 0.15) is 88.0 Å². The molecule has 0 radical (unpaired) electrons. The van der Waals surface area contributed by atoms with E-state index < -0.39 is 34.8 Å². The van der Waals surface area contributed by atoms with Crippen LogP contribution in [0.5, 0.6) is 0 Å². The molecular weight excluding hydrogens is 644 g/mol. The highest BCUT2D eigenvalue weighted by Gasteiger charge is 2.47. The SMILES string of the molecule is COC1/C=C(/C)CC(/C=C/C=C/C#C[C@@H]2C[C@H]2Cl)OC(=O)CC(=O)C[C@H](O[Si](C)(C)C(C)(C)C)[C@@H](C)[C@H](O[Si](C)(C)C(C)(C)C)[C@@H]1C. The van der Waals surface area contributed by atoms with E-state index in [4.69, 9.17) is 29.9 Å². The Bertz CT molecular complexity index is 1230. The normalized spacial score (nSPS) is 31.9. The van der Waals surface area contributed by atoms with Gasteiger partial charge in [-0.05, 0) is 61.8 Å². The highest BCUT2D eigenvalue weighted by Crippen LogP contribution is 2.43. The first kappa shape index (κ1) is 41.7. The first-order valence-electron chi connectivity index (χ1n) is 17.2. The molecule has 0 amide bonds. The van der Waals surface area contributed by atoms with Gasteiger partial charge in [-0.25, -0.2) is 0 Å². The van der Waals surface area contributed by atoms with Crippen LogP contribution in [0.15, 0.2) is 36.0 Å². The van der Waals surface area contributed by atoms with Crippen LogP contribution in [0.4, 0.5) is 0 Å². The summed E-state index contributed by atoms with van der Waals surface area (Å²) in [5.74, 6) is 5.52. The van der Waals surface area contributed by atoms with Gasteiger partial charge in [0.25, 0.3) is 0 Å². The second kappa shape index (κ2) is 17.0. The molecule has 2 aliphatic rings. The number of hydrogen-bond donors (Lipinski definition) is 0. The fourth-order valence-corrected chi connectivity index (χ4v) is 8.30. The van der Waals surface area contributed by atoms with Crippen molar-refractivity contribution in [2.24, 2.45) is 17.8 Å². The largest absolute Gasteiger partial charge is 0.457 e. The first-order chi connectivity index (χ1) is 21.5. The number of rotatable bonds is 7. The summed E-state index contributed by atoms with van der Waals surface area (Å²) in [4.78, 5) is 26.8. The Morgan fingerprint density at radius 2 is 1.51 bits per heavy atom. The minimum atomic E-state index is -2.30. The Labute approximate surface area is 293 Å². The molecule has 1 fully saturated rings. The van der Waals surface area contributed by atoms with Gasteiger partial charge in [0.1, 0.15) is 18.3 Å². The lowest BCUT2D eigenvalue weighted by molar-refractivity contribution is -0.149. The van der Waals surface area contributed by atoms with E-state index in [-0.39, 0.29) is 64.0 Å². The minimum Gasteiger partial charge on any atom is -0.457 e. The van der Waals surface area contributed by atoms with E-state index in [0.717, 1.165) is 12.0 Å². The number of esters is 1. The molecule has 9 heteroatoms. The maximum Gasteiger partial charge on any atom is 0.313 e. The number of methoxy groups -OCH3 is 1. The Morgan fingerprint density at radius 1 is 0.936 bits per heavy atom. The summed E-state index contributed by atoms with van der Waals surface area (Å²) in [5, 5.41) is 0.0885. The van der Waals surface area contributed by atoms with Crippen molar-refractivity contribution in [3.8, 4) is 11.8 Å². The molecule has 8 atom stereocenters. The second-order valence-electron chi connectivity index (χ2n) is 16.7. The van der Waals surface area contributed by atoms with Crippen LogP contribution in [0.2, 0.25) is 36.3 Å². The third kappa shape index (κ3) is 12.7. The van der Waals surface area contributed by atoms with Crippen LogP contribution in [-0.4, -0.2) is 65.3 Å². The van der Waals surface area contributed by atoms with Crippen LogP contribution < -0.4 is 0 Å². The van der Waals surface area contributed by atoms with Crippen LogP contribution in [0.25, 0.3) is 0 Å². The number of alkyl halides is 1. The van der Waals surface area contributed by atoms with E-state index in [1.54, 1.807) is 13.2 Å². The summed E-state index contributed by atoms with van der Waals surface area (Å²) < 4.78 is 26.3. The molecule has 47 heavy (non-hydrogen) atoms. The van der Waals surface area contributed by atoms with Crippen molar-refractivity contribution in [2.75, 3.05) is 7.11 Å². The van der Waals surface area contributed by atoms with Crippen molar-refractivity contribution in [3.63, 3.8) is 0 Å². The van der Waals surface area contributed by atoms with E-state index in [1.807, 2.05) is 25.2 Å². The van der Waals surface area contributed by atoms with Gasteiger partial charge in [-0.3, -0.25) is 9.59 Å². The fraction of sp³-hybridized carbons (Fsp3) is 0.737. The van der Waals surface area contributed by atoms with E-state index >= 15 is 0 Å². The molecule has 1 aliphatic carbocycles. The highest BCUT2D eigenvalue weighted by molar-refractivity contribution is 6.74. The predicted molar refractivity (Wildman–Crippen MR) is 200 cm³/mol. The van der Waals surface area contributed by atoms with Crippen molar-refractivity contribution in [3.05, 3.63) is 36.0 Å². The topological polar surface area (TPSA) is 71.1 Å². The lowest BCUT2D eigenvalue weighted by Gasteiger charge is -2.47. The van der Waals surface area contributed by atoms with Crippen LogP contribution in [0.3, 0.4) is 0 Å².